The van der Waals surface area contributed by atoms with Gasteiger partial charge in [0.1, 0.15) is 0 Å². The molecule has 5 rings (SSSR count). The zero-order valence-electron chi connectivity index (χ0n) is 19.8. The fourth-order valence-corrected chi connectivity index (χ4v) is 8.00. The summed E-state index contributed by atoms with van der Waals surface area (Å²) in [6.07, 6.45) is 10.9. The maximum absolute atomic E-state index is 12.7. The van der Waals surface area contributed by atoms with Crippen LogP contribution < -0.4 is 0 Å². The van der Waals surface area contributed by atoms with Gasteiger partial charge in [-0.1, -0.05) is 50.3 Å². The van der Waals surface area contributed by atoms with Crippen LogP contribution in [0.1, 0.15) is 57.1 Å². The number of hydrogen-bond acceptors (Lipinski definition) is 3. The average Bonchev–Trinajstić information content (AvgIpc) is 3.06. The van der Waals surface area contributed by atoms with E-state index in [0.717, 1.165) is 43.2 Å². The van der Waals surface area contributed by atoms with Crippen molar-refractivity contribution in [3.63, 3.8) is 0 Å². The van der Waals surface area contributed by atoms with Gasteiger partial charge >= 0.3 is 5.97 Å². The van der Waals surface area contributed by atoms with Crippen molar-refractivity contribution in [2.24, 2.45) is 28.6 Å². The van der Waals surface area contributed by atoms with E-state index in [4.69, 9.17) is 0 Å². The lowest BCUT2D eigenvalue weighted by Gasteiger charge is -2.60. The lowest BCUT2D eigenvalue weighted by molar-refractivity contribution is -0.136. The van der Waals surface area contributed by atoms with Crippen LogP contribution in [-0.4, -0.2) is 46.2 Å². The molecule has 3 saturated carbocycles. The van der Waals surface area contributed by atoms with E-state index in [-0.39, 0.29) is 35.3 Å². The van der Waals surface area contributed by atoms with Gasteiger partial charge in [-0.05, 0) is 78.0 Å². The number of nitrogens with zero attached hydrogens (tertiary/aromatic N) is 1. The molecule has 0 aromatic heterocycles. The predicted molar refractivity (Wildman–Crippen MR) is 127 cm³/mol. The van der Waals surface area contributed by atoms with E-state index in [1.54, 1.807) is 6.08 Å². The van der Waals surface area contributed by atoms with Crippen molar-refractivity contribution >= 4 is 18.0 Å². The summed E-state index contributed by atoms with van der Waals surface area (Å²) in [4.78, 5) is 25.8. The molecule has 7 atom stereocenters. The minimum absolute atomic E-state index is 0.00228. The van der Waals surface area contributed by atoms with Crippen molar-refractivity contribution in [2.45, 2.75) is 64.5 Å². The number of carboxylic acids is 1. The Labute approximate surface area is 196 Å². The van der Waals surface area contributed by atoms with Crippen molar-refractivity contribution in [3.05, 3.63) is 53.1 Å². The third-order valence-electron chi connectivity index (χ3n) is 9.58. The molecule has 1 aliphatic heterocycles. The number of aliphatic carboxylic acids is 1. The van der Waals surface area contributed by atoms with Gasteiger partial charge in [0.25, 0.3) is 0 Å². The zero-order valence-corrected chi connectivity index (χ0v) is 19.8. The lowest BCUT2D eigenvalue weighted by atomic mass is 9.47. The largest absolute Gasteiger partial charge is 0.481 e. The summed E-state index contributed by atoms with van der Waals surface area (Å²) in [6.45, 7) is 4.60. The van der Waals surface area contributed by atoms with Crippen LogP contribution in [0.25, 0.3) is 6.08 Å². The Morgan fingerprint density at radius 2 is 2.00 bits per heavy atom. The predicted octanol–water partition coefficient (Wildman–Crippen LogP) is 4.31. The normalized spacial score (nSPS) is 41.0. The SMILES string of the molecule is CN1C(=O)C=C[C@@]2(C)C1C(=Cc1cccc(CC(=O)O)c1)C[C@@H]1[C@H]2CC[C@]2(C)C(O)CC[C@@H]12. The first-order chi connectivity index (χ1) is 15.6. The molecule has 1 aromatic rings. The molecule has 3 fully saturated rings. The molecule has 0 radical (unpaired) electrons. The first-order valence-electron chi connectivity index (χ1n) is 12.3. The molecular weight excluding hydrogens is 414 g/mol. The summed E-state index contributed by atoms with van der Waals surface area (Å²) in [7, 11) is 1.91. The second kappa shape index (κ2) is 7.83. The van der Waals surface area contributed by atoms with Gasteiger partial charge in [0, 0.05) is 12.5 Å². The number of aliphatic hydroxyl groups excluding tert-OH is 1. The highest BCUT2D eigenvalue weighted by atomic mass is 16.4. The molecule has 3 aliphatic carbocycles. The standard InChI is InChI=1S/C28H35NO4/c1-27-11-9-22-20(21(27)7-8-23(27)30)16-19(26-28(22,2)12-10-24(31)29(26)3)14-17-5-4-6-18(13-17)15-25(32)33/h4-6,10,12-14,20-23,26,30H,7-9,11,15-16H2,1-3H3,(H,32,33)/t20-,21-,22+,23?,26?,27-,28+/m0/s1. The van der Waals surface area contributed by atoms with Crippen LogP contribution in [0.3, 0.4) is 0 Å². The highest BCUT2D eigenvalue weighted by Crippen LogP contribution is 2.64. The summed E-state index contributed by atoms with van der Waals surface area (Å²) in [5, 5.41) is 20.0. The van der Waals surface area contributed by atoms with Gasteiger partial charge in [0.2, 0.25) is 5.91 Å². The van der Waals surface area contributed by atoms with Crippen molar-refractivity contribution in [3.8, 4) is 0 Å². The first-order valence-corrected chi connectivity index (χ1v) is 12.3. The maximum Gasteiger partial charge on any atom is 0.307 e. The number of fused-ring (bicyclic) bond motifs is 5. The van der Waals surface area contributed by atoms with Crippen LogP contribution in [0.5, 0.6) is 0 Å². The Morgan fingerprint density at radius 3 is 2.76 bits per heavy atom. The third kappa shape index (κ3) is 3.47. The van der Waals surface area contributed by atoms with Gasteiger partial charge in [-0.15, -0.1) is 0 Å². The minimum Gasteiger partial charge on any atom is -0.481 e. The lowest BCUT2D eigenvalue weighted by Crippen LogP contribution is -2.60. The second-order valence-electron chi connectivity index (χ2n) is 11.3. The smallest absolute Gasteiger partial charge is 0.307 e. The Bertz CT molecular complexity index is 1040. The fourth-order valence-electron chi connectivity index (χ4n) is 8.00. The van der Waals surface area contributed by atoms with E-state index in [1.807, 2.05) is 36.2 Å². The molecule has 33 heavy (non-hydrogen) atoms. The number of rotatable bonds is 3. The molecule has 4 aliphatic rings. The highest BCUT2D eigenvalue weighted by Gasteiger charge is 2.61. The first kappa shape index (κ1) is 22.4. The summed E-state index contributed by atoms with van der Waals surface area (Å²) < 4.78 is 0. The molecule has 5 nitrogen and oxygen atoms in total. The maximum atomic E-state index is 12.7. The van der Waals surface area contributed by atoms with Crippen LogP contribution in [0.15, 0.2) is 42.0 Å². The summed E-state index contributed by atoms with van der Waals surface area (Å²) in [6, 6.07) is 7.73. The molecule has 1 aromatic carbocycles. The fraction of sp³-hybridized carbons (Fsp3) is 0.571. The van der Waals surface area contributed by atoms with E-state index in [1.165, 1.54) is 5.57 Å². The van der Waals surface area contributed by atoms with Crippen LogP contribution >= 0.6 is 0 Å². The average molecular weight is 450 g/mol. The summed E-state index contributed by atoms with van der Waals surface area (Å²) in [5.41, 5.74) is 2.86. The van der Waals surface area contributed by atoms with E-state index in [0.29, 0.717) is 17.8 Å². The number of carbonyl (C=O) groups excluding carboxylic acids is 1. The van der Waals surface area contributed by atoms with Gasteiger partial charge in [0.15, 0.2) is 0 Å². The van der Waals surface area contributed by atoms with Gasteiger partial charge in [-0.3, -0.25) is 9.59 Å². The van der Waals surface area contributed by atoms with Crippen molar-refractivity contribution in [1.82, 2.24) is 4.90 Å². The van der Waals surface area contributed by atoms with E-state index >= 15 is 0 Å². The van der Waals surface area contributed by atoms with Gasteiger partial charge in [0.05, 0.1) is 18.6 Å². The quantitative estimate of drug-likeness (QED) is 0.721. The van der Waals surface area contributed by atoms with Gasteiger partial charge < -0.3 is 15.1 Å². The molecule has 2 N–H and O–H groups in total. The minimum atomic E-state index is -0.836. The number of carboxylic acid groups (broad SMARTS) is 1. The summed E-state index contributed by atoms with van der Waals surface area (Å²) in [5.74, 6) is 0.646. The Hall–Kier alpha value is -2.40. The van der Waals surface area contributed by atoms with Crippen LogP contribution in [0.4, 0.5) is 0 Å². The van der Waals surface area contributed by atoms with Crippen LogP contribution in [0, 0.1) is 28.6 Å². The molecule has 5 heteroatoms. The number of hydrogen-bond donors (Lipinski definition) is 2. The second-order valence-corrected chi connectivity index (χ2v) is 11.3. The van der Waals surface area contributed by atoms with E-state index in [2.05, 4.69) is 26.0 Å². The number of likely N-dealkylation sites (N-methyl/N-ethyl adjacent to an activating group) is 1. The molecular formula is C28H35NO4. The van der Waals surface area contributed by atoms with E-state index < -0.39 is 5.97 Å². The van der Waals surface area contributed by atoms with Crippen molar-refractivity contribution < 1.29 is 19.8 Å². The topological polar surface area (TPSA) is 77.8 Å². The molecule has 0 bridgehead atoms. The zero-order chi connectivity index (χ0) is 23.5. The molecule has 0 spiro atoms. The van der Waals surface area contributed by atoms with Crippen molar-refractivity contribution in [2.75, 3.05) is 7.05 Å². The number of aliphatic hydroxyl groups is 1. The van der Waals surface area contributed by atoms with E-state index in [9.17, 15) is 19.8 Å². The number of carbonyl (C=O) groups is 2. The monoisotopic (exact) mass is 449 g/mol. The summed E-state index contributed by atoms with van der Waals surface area (Å²) >= 11 is 0. The number of amides is 1. The van der Waals surface area contributed by atoms with Crippen LogP contribution in [0.2, 0.25) is 0 Å². The molecule has 1 heterocycles. The van der Waals surface area contributed by atoms with Gasteiger partial charge in [-0.2, -0.15) is 0 Å². The van der Waals surface area contributed by atoms with Crippen molar-refractivity contribution in [1.29, 1.82) is 0 Å². The Morgan fingerprint density at radius 1 is 1.21 bits per heavy atom. The highest BCUT2D eigenvalue weighted by molar-refractivity contribution is 5.89. The van der Waals surface area contributed by atoms with Crippen LogP contribution in [-0.2, 0) is 16.0 Å². The molecule has 0 saturated heterocycles. The number of benzene rings is 1. The molecule has 176 valence electrons. The third-order valence-corrected chi connectivity index (χ3v) is 9.58. The van der Waals surface area contributed by atoms with Gasteiger partial charge in [-0.25, -0.2) is 0 Å². The Kier molecular flexibility index (Phi) is 5.32. The Balaban J connectivity index is 1.59. The molecule has 2 unspecified atom stereocenters. The molecule has 1 amide bonds.